The van der Waals surface area contributed by atoms with Crippen molar-refractivity contribution in [2.75, 3.05) is 0 Å². The molecule has 7 rings (SSSR count). The summed E-state index contributed by atoms with van der Waals surface area (Å²) < 4.78 is 3.45. The van der Waals surface area contributed by atoms with Gasteiger partial charge >= 0.3 is 0 Å². The maximum atomic E-state index is 5.21. The summed E-state index contributed by atoms with van der Waals surface area (Å²) in [6.45, 7) is 0. The quantitative estimate of drug-likeness (QED) is 0.118. The van der Waals surface area contributed by atoms with Crippen molar-refractivity contribution in [3.05, 3.63) is 66.9 Å². The first-order chi connectivity index (χ1) is 16.5. The number of benzene rings is 2. The summed E-state index contributed by atoms with van der Waals surface area (Å²) in [5, 5.41) is 3.52. The van der Waals surface area contributed by atoms with Crippen molar-refractivity contribution >= 4 is 129 Å². The van der Waals surface area contributed by atoms with Crippen LogP contribution in [0.25, 0.3) is 65.7 Å². The van der Waals surface area contributed by atoms with Crippen LogP contribution in [0.5, 0.6) is 0 Å². The summed E-state index contributed by atoms with van der Waals surface area (Å²) >= 11 is 14.3. The van der Waals surface area contributed by atoms with Gasteiger partial charge in [0.05, 0.1) is 44.1 Å². The van der Waals surface area contributed by atoms with E-state index in [-0.39, 0.29) is 0 Å². The van der Waals surface area contributed by atoms with Gasteiger partial charge in [-0.05, 0) is 88.0 Å². The lowest BCUT2D eigenvalue weighted by molar-refractivity contribution is 1.33. The standard InChI is InChI=1S/C24H8Br4N6/c25-9-1-13-17(29-5-9)18-14(2-10(26)6-30-18)22-21(13)33-23-15-3-11(27)7-31-19(15)20-16(24(23)34-22)4-12(28)8-32-20/h1-8H. The molecule has 5 aromatic heterocycles. The predicted molar refractivity (Wildman–Crippen MR) is 149 cm³/mol. The number of hydrogen-bond donors (Lipinski definition) is 0. The molecule has 0 aliphatic rings. The number of halogens is 4. The molecule has 0 amide bonds. The molecular formula is C24H8Br4N6. The third-order valence-electron chi connectivity index (χ3n) is 5.78. The van der Waals surface area contributed by atoms with Crippen LogP contribution in [0.4, 0.5) is 0 Å². The van der Waals surface area contributed by atoms with E-state index in [1.807, 2.05) is 24.3 Å². The molecule has 0 aliphatic carbocycles. The fourth-order valence-corrected chi connectivity index (χ4v) is 5.75. The molecule has 0 spiro atoms. The van der Waals surface area contributed by atoms with Gasteiger partial charge in [0.2, 0.25) is 0 Å². The number of aromatic nitrogens is 6. The second kappa shape index (κ2) is 7.55. The minimum absolute atomic E-state index is 0.757. The number of fused-ring (bicyclic) bond motifs is 12. The fourth-order valence-electron chi connectivity index (χ4n) is 4.42. The van der Waals surface area contributed by atoms with E-state index < -0.39 is 0 Å². The molecule has 162 valence electrons. The molecule has 6 nitrogen and oxygen atoms in total. The first kappa shape index (κ1) is 20.9. The Morgan fingerprint density at radius 3 is 0.824 bits per heavy atom. The highest BCUT2D eigenvalue weighted by molar-refractivity contribution is 9.11. The monoisotopic (exact) mass is 696 g/mol. The Morgan fingerprint density at radius 2 is 0.588 bits per heavy atom. The zero-order valence-corrected chi connectivity index (χ0v) is 23.2. The fraction of sp³-hybridized carbons (Fsp3) is 0. The van der Waals surface area contributed by atoms with Crippen molar-refractivity contribution < 1.29 is 0 Å². The summed E-state index contributed by atoms with van der Waals surface area (Å²) in [5.74, 6) is 0. The Balaban J connectivity index is 1.84. The Labute approximate surface area is 224 Å². The van der Waals surface area contributed by atoms with E-state index in [9.17, 15) is 0 Å². The molecular weight excluding hydrogens is 692 g/mol. The van der Waals surface area contributed by atoms with Crippen molar-refractivity contribution in [1.29, 1.82) is 0 Å². The van der Waals surface area contributed by atoms with Crippen LogP contribution in [0.2, 0.25) is 0 Å². The molecule has 34 heavy (non-hydrogen) atoms. The predicted octanol–water partition coefficient (Wildman–Crippen LogP) is 8.03. The van der Waals surface area contributed by atoms with Crippen molar-refractivity contribution in [3.8, 4) is 0 Å². The summed E-state index contributed by atoms with van der Waals surface area (Å²) in [4.78, 5) is 29.1. The lowest BCUT2D eigenvalue weighted by Gasteiger charge is -2.12. The van der Waals surface area contributed by atoms with Crippen LogP contribution in [0.15, 0.2) is 66.9 Å². The van der Waals surface area contributed by atoms with Gasteiger partial charge in [-0.3, -0.25) is 19.9 Å². The van der Waals surface area contributed by atoms with Crippen LogP contribution in [0.3, 0.4) is 0 Å². The molecule has 0 fully saturated rings. The second-order valence-corrected chi connectivity index (χ2v) is 11.5. The van der Waals surface area contributed by atoms with Gasteiger partial charge in [0.1, 0.15) is 0 Å². The van der Waals surface area contributed by atoms with Crippen molar-refractivity contribution in [1.82, 2.24) is 29.9 Å². The molecule has 2 aromatic carbocycles. The summed E-state index contributed by atoms with van der Waals surface area (Å²) in [5.41, 5.74) is 6.14. The van der Waals surface area contributed by atoms with E-state index in [1.54, 1.807) is 24.8 Å². The van der Waals surface area contributed by atoms with Gasteiger partial charge in [-0.2, -0.15) is 0 Å². The first-order valence-corrected chi connectivity index (χ1v) is 13.2. The van der Waals surface area contributed by atoms with Crippen molar-refractivity contribution in [2.45, 2.75) is 0 Å². The van der Waals surface area contributed by atoms with Gasteiger partial charge in [-0.15, -0.1) is 0 Å². The number of nitrogens with zero attached hydrogens (tertiary/aromatic N) is 6. The molecule has 0 saturated carbocycles. The van der Waals surface area contributed by atoms with Crippen LogP contribution in [0, 0.1) is 0 Å². The Hall–Kier alpha value is -2.40. The smallest absolute Gasteiger partial charge is 0.0997 e. The van der Waals surface area contributed by atoms with Gasteiger partial charge in [-0.1, -0.05) is 0 Å². The highest BCUT2D eigenvalue weighted by Crippen LogP contribution is 2.38. The molecule has 0 saturated heterocycles. The van der Waals surface area contributed by atoms with Gasteiger partial charge in [0, 0.05) is 64.2 Å². The number of rotatable bonds is 0. The van der Waals surface area contributed by atoms with Crippen LogP contribution in [-0.2, 0) is 0 Å². The highest BCUT2D eigenvalue weighted by Gasteiger charge is 2.19. The van der Waals surface area contributed by atoms with Crippen molar-refractivity contribution in [2.24, 2.45) is 0 Å². The van der Waals surface area contributed by atoms with E-state index >= 15 is 0 Å². The van der Waals surface area contributed by atoms with E-state index in [1.165, 1.54) is 0 Å². The average molecular weight is 700 g/mol. The summed E-state index contributed by atoms with van der Waals surface area (Å²) in [6, 6.07) is 8.07. The third kappa shape index (κ3) is 3.02. The SMILES string of the molecule is Brc1cnc2c(c1)c1nc3c4cc(Br)cnc4c4ncc(Br)cc4c3nc1c1cc(Br)cnc12. The highest BCUT2D eigenvalue weighted by atomic mass is 79.9. The Kier molecular flexibility index (Phi) is 4.65. The van der Waals surface area contributed by atoms with Gasteiger partial charge in [0.25, 0.3) is 0 Å². The molecule has 0 bridgehead atoms. The van der Waals surface area contributed by atoms with E-state index in [4.69, 9.17) is 9.97 Å². The average Bonchev–Trinajstić information content (AvgIpc) is 2.83. The Morgan fingerprint density at radius 1 is 0.353 bits per heavy atom. The lowest BCUT2D eigenvalue weighted by Crippen LogP contribution is -1.97. The zero-order chi connectivity index (χ0) is 23.1. The summed E-state index contributed by atoms with van der Waals surface area (Å²) in [6.07, 6.45) is 7.11. The van der Waals surface area contributed by atoms with E-state index in [0.717, 1.165) is 83.6 Å². The maximum Gasteiger partial charge on any atom is 0.0997 e. The zero-order valence-electron chi connectivity index (χ0n) is 16.8. The second-order valence-electron chi connectivity index (χ2n) is 7.82. The van der Waals surface area contributed by atoms with Crippen LogP contribution < -0.4 is 0 Å². The normalized spacial score (nSPS) is 12.1. The van der Waals surface area contributed by atoms with E-state index in [0.29, 0.717) is 0 Å². The van der Waals surface area contributed by atoms with Gasteiger partial charge in [0.15, 0.2) is 0 Å². The van der Waals surface area contributed by atoms with Gasteiger partial charge in [-0.25, -0.2) is 9.97 Å². The molecule has 0 aliphatic heterocycles. The molecule has 5 heterocycles. The van der Waals surface area contributed by atoms with Crippen LogP contribution in [-0.4, -0.2) is 29.9 Å². The van der Waals surface area contributed by atoms with Crippen LogP contribution in [0.1, 0.15) is 0 Å². The number of pyridine rings is 4. The maximum absolute atomic E-state index is 5.21. The van der Waals surface area contributed by atoms with Crippen LogP contribution >= 0.6 is 63.7 Å². The third-order valence-corrected chi connectivity index (χ3v) is 7.52. The molecule has 0 atom stereocenters. The molecule has 7 aromatic rings. The molecule has 10 heteroatoms. The molecule has 0 radical (unpaired) electrons. The van der Waals surface area contributed by atoms with Crippen molar-refractivity contribution in [3.63, 3.8) is 0 Å². The largest absolute Gasteiger partial charge is 0.253 e. The Bertz CT molecular complexity index is 1740. The minimum Gasteiger partial charge on any atom is -0.253 e. The topological polar surface area (TPSA) is 77.3 Å². The number of hydrogen-bond acceptors (Lipinski definition) is 6. The lowest BCUT2D eigenvalue weighted by atomic mass is 10.0. The molecule has 0 N–H and O–H groups in total. The molecule has 0 unspecified atom stereocenters. The minimum atomic E-state index is 0.757. The van der Waals surface area contributed by atoms with E-state index in [2.05, 4.69) is 83.7 Å². The van der Waals surface area contributed by atoms with Gasteiger partial charge < -0.3 is 0 Å². The first-order valence-electron chi connectivity index (χ1n) is 10.0. The summed E-state index contributed by atoms with van der Waals surface area (Å²) in [7, 11) is 0.